The summed E-state index contributed by atoms with van der Waals surface area (Å²) in [5, 5.41) is 34.9. The lowest BCUT2D eigenvalue weighted by atomic mass is 9.76. The van der Waals surface area contributed by atoms with Crippen LogP contribution in [0.4, 0.5) is 0 Å². The van der Waals surface area contributed by atoms with Crippen LogP contribution >= 0.6 is 0 Å². The van der Waals surface area contributed by atoms with E-state index in [0.29, 0.717) is 11.1 Å². The summed E-state index contributed by atoms with van der Waals surface area (Å²) in [6.07, 6.45) is -0.0732. The second kappa shape index (κ2) is 7.03. The lowest BCUT2D eigenvalue weighted by Gasteiger charge is -2.30. The fraction of sp³-hybridized carbons (Fsp3) is 0.286. The van der Waals surface area contributed by atoms with Crippen LogP contribution in [0.15, 0.2) is 42.5 Å². The zero-order valence-corrected chi connectivity index (χ0v) is 16.0. The molecule has 2 amide bonds. The van der Waals surface area contributed by atoms with Crippen molar-refractivity contribution in [3.8, 4) is 17.2 Å². The van der Waals surface area contributed by atoms with Crippen LogP contribution in [0.25, 0.3) is 0 Å². The zero-order valence-electron chi connectivity index (χ0n) is 16.0. The predicted molar refractivity (Wildman–Crippen MR) is 103 cm³/mol. The monoisotopic (exact) mass is 412 g/mol. The smallest absolute Gasteiger partial charge is 0.325 e. The molecule has 4 unspecified atom stereocenters. The Labute approximate surface area is 171 Å². The summed E-state index contributed by atoms with van der Waals surface area (Å²) in [7, 11) is 1.38. The SMILES string of the molecule is COc1cc(C2NC(Cc3ccc(O)cc3)(C(=O)O)C3C(=O)NC(=O)C23)ccc1O. The molecule has 9 nitrogen and oxygen atoms in total. The van der Waals surface area contributed by atoms with E-state index in [-0.39, 0.29) is 23.7 Å². The van der Waals surface area contributed by atoms with Crippen molar-refractivity contribution in [1.82, 2.24) is 10.6 Å². The van der Waals surface area contributed by atoms with Gasteiger partial charge in [-0.1, -0.05) is 18.2 Å². The van der Waals surface area contributed by atoms with Crippen LogP contribution in [0, 0.1) is 11.8 Å². The van der Waals surface area contributed by atoms with Crippen LogP contribution in [-0.2, 0) is 20.8 Å². The number of carboxylic acid groups (broad SMARTS) is 1. The number of aliphatic carboxylic acids is 1. The highest BCUT2D eigenvalue weighted by Crippen LogP contribution is 2.48. The van der Waals surface area contributed by atoms with Gasteiger partial charge in [-0.15, -0.1) is 0 Å². The average Bonchev–Trinajstić information content (AvgIpc) is 3.21. The van der Waals surface area contributed by atoms with Gasteiger partial charge in [0.25, 0.3) is 0 Å². The topological polar surface area (TPSA) is 145 Å². The van der Waals surface area contributed by atoms with E-state index in [1.807, 2.05) is 0 Å². The number of rotatable bonds is 5. The number of aromatic hydroxyl groups is 2. The molecule has 0 saturated carbocycles. The Hall–Kier alpha value is -3.59. The average molecular weight is 412 g/mol. The van der Waals surface area contributed by atoms with Gasteiger partial charge in [0.05, 0.1) is 18.9 Å². The minimum Gasteiger partial charge on any atom is -0.508 e. The maximum absolute atomic E-state index is 12.6. The summed E-state index contributed by atoms with van der Waals surface area (Å²) in [4.78, 5) is 37.7. The molecule has 0 radical (unpaired) electrons. The summed E-state index contributed by atoms with van der Waals surface area (Å²) < 4.78 is 5.13. The van der Waals surface area contributed by atoms with Gasteiger partial charge in [-0.05, 0) is 35.4 Å². The second-order valence-electron chi connectivity index (χ2n) is 7.53. The van der Waals surface area contributed by atoms with Gasteiger partial charge in [0.15, 0.2) is 11.5 Å². The number of phenolic OH excluding ortho intramolecular Hbond substituents is 2. The highest BCUT2D eigenvalue weighted by atomic mass is 16.5. The third-order valence-corrected chi connectivity index (χ3v) is 5.86. The summed E-state index contributed by atoms with van der Waals surface area (Å²) in [5.41, 5.74) is -0.649. The molecule has 2 saturated heterocycles. The van der Waals surface area contributed by atoms with E-state index >= 15 is 0 Å². The standard InChI is InChI=1S/C21H20N2O7/c1-30-14-8-11(4-7-13(14)25)17-15-16(19(27)22-18(15)26)21(23-17,20(28)29)9-10-2-5-12(24)6-3-10/h2-8,15-17,23-25H,9H2,1H3,(H,28,29)(H,22,26,27). The van der Waals surface area contributed by atoms with Crippen molar-refractivity contribution in [2.45, 2.75) is 18.0 Å². The summed E-state index contributed by atoms with van der Waals surface area (Å²) in [6, 6.07) is 9.67. The quantitative estimate of drug-likeness (QED) is 0.452. The Bertz CT molecular complexity index is 1040. The normalized spacial score (nSPS) is 27.6. The van der Waals surface area contributed by atoms with Crippen molar-refractivity contribution < 1.29 is 34.4 Å². The first-order chi connectivity index (χ1) is 14.3. The van der Waals surface area contributed by atoms with Crippen LogP contribution in [0.2, 0.25) is 0 Å². The highest BCUT2D eigenvalue weighted by Gasteiger charge is 2.66. The molecule has 4 rings (SSSR count). The van der Waals surface area contributed by atoms with Crippen LogP contribution in [0.5, 0.6) is 17.2 Å². The molecule has 0 bridgehead atoms. The molecule has 4 atom stereocenters. The molecule has 0 aromatic heterocycles. The minimum absolute atomic E-state index is 0.0308. The number of methoxy groups -OCH3 is 1. The van der Waals surface area contributed by atoms with Gasteiger partial charge in [0, 0.05) is 12.5 Å². The number of carbonyl (C=O) groups is 3. The third-order valence-electron chi connectivity index (χ3n) is 5.86. The lowest BCUT2D eigenvalue weighted by molar-refractivity contribution is -0.149. The number of benzene rings is 2. The third kappa shape index (κ3) is 2.94. The van der Waals surface area contributed by atoms with Gasteiger partial charge < -0.3 is 20.1 Å². The van der Waals surface area contributed by atoms with Crippen LogP contribution in [0.3, 0.4) is 0 Å². The van der Waals surface area contributed by atoms with E-state index in [1.165, 1.54) is 31.4 Å². The Morgan fingerprint density at radius 1 is 1.10 bits per heavy atom. The molecule has 9 heteroatoms. The number of phenols is 2. The molecule has 2 aliphatic heterocycles. The van der Waals surface area contributed by atoms with E-state index in [2.05, 4.69) is 10.6 Å². The Morgan fingerprint density at radius 2 is 1.80 bits per heavy atom. The summed E-state index contributed by atoms with van der Waals surface area (Å²) in [5.74, 6) is -4.44. The van der Waals surface area contributed by atoms with Crippen LogP contribution < -0.4 is 15.4 Å². The van der Waals surface area contributed by atoms with Gasteiger partial charge in [-0.2, -0.15) is 0 Å². The van der Waals surface area contributed by atoms with Crippen molar-refractivity contribution in [3.63, 3.8) is 0 Å². The highest BCUT2D eigenvalue weighted by molar-refractivity contribution is 6.09. The van der Waals surface area contributed by atoms with Gasteiger partial charge in [-0.3, -0.25) is 25.0 Å². The predicted octanol–water partition coefficient (Wildman–Crippen LogP) is 0.706. The number of carboxylic acids is 1. The molecule has 2 aliphatic rings. The number of imide groups is 1. The number of hydrogen-bond donors (Lipinski definition) is 5. The maximum Gasteiger partial charge on any atom is 0.325 e. The Morgan fingerprint density at radius 3 is 2.43 bits per heavy atom. The first kappa shape index (κ1) is 19.7. The molecule has 2 heterocycles. The molecular formula is C21H20N2O7. The van der Waals surface area contributed by atoms with Crippen LogP contribution in [-0.4, -0.2) is 45.8 Å². The van der Waals surface area contributed by atoms with Crippen molar-refractivity contribution in [3.05, 3.63) is 53.6 Å². The molecule has 30 heavy (non-hydrogen) atoms. The van der Waals surface area contributed by atoms with Crippen LogP contribution in [0.1, 0.15) is 17.2 Å². The second-order valence-corrected chi connectivity index (χ2v) is 7.53. The zero-order chi connectivity index (χ0) is 21.6. The van der Waals surface area contributed by atoms with Crippen molar-refractivity contribution in [2.75, 3.05) is 7.11 Å². The van der Waals surface area contributed by atoms with Gasteiger partial charge >= 0.3 is 5.97 Å². The summed E-state index contributed by atoms with van der Waals surface area (Å²) in [6.45, 7) is 0. The molecule has 0 aliphatic carbocycles. The Balaban J connectivity index is 1.81. The summed E-state index contributed by atoms with van der Waals surface area (Å²) >= 11 is 0. The molecule has 156 valence electrons. The van der Waals surface area contributed by atoms with E-state index in [9.17, 15) is 29.7 Å². The lowest BCUT2D eigenvalue weighted by Crippen LogP contribution is -2.57. The molecule has 5 N–H and O–H groups in total. The van der Waals surface area contributed by atoms with E-state index in [0.717, 1.165) is 0 Å². The fourth-order valence-corrected chi connectivity index (χ4v) is 4.47. The van der Waals surface area contributed by atoms with Gasteiger partial charge in [0.1, 0.15) is 11.3 Å². The van der Waals surface area contributed by atoms with E-state index in [1.54, 1.807) is 18.2 Å². The first-order valence-corrected chi connectivity index (χ1v) is 9.27. The first-order valence-electron chi connectivity index (χ1n) is 9.27. The van der Waals surface area contributed by atoms with E-state index < -0.39 is 41.2 Å². The van der Waals surface area contributed by atoms with Crippen molar-refractivity contribution in [2.24, 2.45) is 11.8 Å². The number of carbonyl (C=O) groups excluding carboxylic acids is 2. The molecule has 0 spiro atoms. The van der Waals surface area contributed by atoms with Gasteiger partial charge in [-0.25, -0.2) is 0 Å². The Kier molecular flexibility index (Phi) is 4.62. The molecule has 2 fully saturated rings. The number of amides is 2. The molecule has 2 aromatic rings. The number of hydrogen-bond acceptors (Lipinski definition) is 7. The van der Waals surface area contributed by atoms with E-state index in [4.69, 9.17) is 4.74 Å². The number of fused-ring (bicyclic) bond motifs is 1. The minimum atomic E-state index is -1.74. The number of nitrogens with one attached hydrogen (secondary N) is 2. The fourth-order valence-electron chi connectivity index (χ4n) is 4.47. The maximum atomic E-state index is 12.6. The van der Waals surface area contributed by atoms with Crippen molar-refractivity contribution >= 4 is 17.8 Å². The van der Waals surface area contributed by atoms with Gasteiger partial charge in [0.2, 0.25) is 11.8 Å². The molecule has 2 aromatic carbocycles. The molecular weight excluding hydrogens is 392 g/mol. The van der Waals surface area contributed by atoms with Crippen molar-refractivity contribution in [1.29, 1.82) is 0 Å². The largest absolute Gasteiger partial charge is 0.508 e. The number of ether oxygens (including phenoxy) is 1.